The van der Waals surface area contributed by atoms with Crippen molar-refractivity contribution in [1.82, 2.24) is 0 Å². The molecule has 0 aromatic rings. The number of hydrogen-bond acceptors (Lipinski definition) is 2. The van der Waals surface area contributed by atoms with Crippen LogP contribution in [0.5, 0.6) is 0 Å². The molecule has 2 heteroatoms. The summed E-state index contributed by atoms with van der Waals surface area (Å²) in [6.45, 7) is 9.04. The molecule has 0 aliphatic heterocycles. The Balaban J connectivity index is 0. The first kappa shape index (κ1) is 13.8. The van der Waals surface area contributed by atoms with Gasteiger partial charge in [0.15, 0.2) is 0 Å². The van der Waals surface area contributed by atoms with Crippen LogP contribution in [0.15, 0.2) is 25.7 Å². The van der Waals surface area contributed by atoms with Gasteiger partial charge in [0.25, 0.3) is 0 Å². The molecule has 0 aliphatic rings. The molecule has 0 saturated carbocycles. The molecule has 0 amide bonds. The highest BCUT2D eigenvalue weighted by molar-refractivity contribution is 4.57. The number of unbranched alkanes of at least 4 members (excludes halogenated alkanes) is 3. The lowest BCUT2D eigenvalue weighted by Crippen LogP contribution is -1.80. The van der Waals surface area contributed by atoms with Crippen LogP contribution in [0.2, 0.25) is 0 Å². The van der Waals surface area contributed by atoms with Crippen LogP contribution in [0, 0.1) is 0 Å². The molecular formula is C10H20O2. The minimum atomic E-state index is 0.361. The third-order valence-corrected chi connectivity index (χ3v) is 1.20. The molecule has 0 spiro atoms. The normalized spacial score (nSPS) is 7.83. The molecule has 12 heavy (non-hydrogen) atoms. The van der Waals surface area contributed by atoms with Crippen LogP contribution in [0.4, 0.5) is 0 Å². The van der Waals surface area contributed by atoms with Gasteiger partial charge in [0.05, 0.1) is 12.5 Å². The molecule has 0 aromatic heterocycles. The molecule has 1 N–H and O–H groups in total. The molecular weight excluding hydrogens is 152 g/mol. The summed E-state index contributed by atoms with van der Waals surface area (Å²) in [4.78, 5) is 0. The van der Waals surface area contributed by atoms with Crippen molar-refractivity contribution in [2.75, 3.05) is 6.61 Å². The highest BCUT2D eigenvalue weighted by Crippen LogP contribution is 1.95. The number of aliphatic hydroxyl groups is 1. The first-order chi connectivity index (χ1) is 5.83. The zero-order chi connectivity index (χ0) is 9.66. The molecule has 0 bridgehead atoms. The summed E-state index contributed by atoms with van der Waals surface area (Å²) in [7, 11) is 0. The summed E-state index contributed by atoms with van der Waals surface area (Å²) < 4.78 is 4.36. The lowest BCUT2D eigenvalue weighted by molar-refractivity contribution is 0.283. The largest absolute Gasteiger partial charge is 0.474 e. The number of aliphatic hydroxyl groups excluding tert-OH is 1. The maximum atomic E-state index is 8.29. The van der Waals surface area contributed by atoms with Gasteiger partial charge in [0.1, 0.15) is 0 Å². The SMILES string of the molecule is C=COC=C.CCCCCCO. The van der Waals surface area contributed by atoms with Crippen molar-refractivity contribution in [2.45, 2.75) is 32.6 Å². The Hall–Kier alpha value is -0.760. The minimum Gasteiger partial charge on any atom is -0.474 e. The van der Waals surface area contributed by atoms with E-state index in [1.165, 1.54) is 31.8 Å². The van der Waals surface area contributed by atoms with E-state index in [-0.39, 0.29) is 0 Å². The molecule has 0 atom stereocenters. The number of ether oxygens (including phenoxy) is 1. The van der Waals surface area contributed by atoms with Gasteiger partial charge in [0, 0.05) is 6.61 Å². The van der Waals surface area contributed by atoms with Crippen LogP contribution >= 0.6 is 0 Å². The second kappa shape index (κ2) is 16.7. The van der Waals surface area contributed by atoms with Gasteiger partial charge in [-0.05, 0) is 6.42 Å². The van der Waals surface area contributed by atoms with Gasteiger partial charge in [-0.3, -0.25) is 0 Å². The van der Waals surface area contributed by atoms with Gasteiger partial charge in [-0.2, -0.15) is 0 Å². The Morgan fingerprint density at radius 2 is 1.75 bits per heavy atom. The number of rotatable bonds is 6. The molecule has 0 radical (unpaired) electrons. The van der Waals surface area contributed by atoms with Crippen molar-refractivity contribution in [2.24, 2.45) is 0 Å². The van der Waals surface area contributed by atoms with E-state index < -0.39 is 0 Å². The van der Waals surface area contributed by atoms with Crippen LogP contribution < -0.4 is 0 Å². The summed E-state index contributed by atoms with van der Waals surface area (Å²) in [5.74, 6) is 0. The molecule has 0 fully saturated rings. The zero-order valence-corrected chi connectivity index (χ0v) is 7.96. The standard InChI is InChI=1S/C6H14O.C4H6O/c1-2-3-4-5-6-7;1-3-5-4-2/h7H,2-6H2,1H3;3-4H,1-2H2. The lowest BCUT2D eigenvalue weighted by Gasteiger charge is -1.90. The fraction of sp³-hybridized carbons (Fsp3) is 0.600. The molecule has 0 rings (SSSR count). The van der Waals surface area contributed by atoms with Gasteiger partial charge < -0.3 is 9.84 Å². The summed E-state index contributed by atoms with van der Waals surface area (Å²) in [6.07, 6.45) is 7.31. The van der Waals surface area contributed by atoms with Crippen molar-refractivity contribution in [3.05, 3.63) is 25.7 Å². The minimum absolute atomic E-state index is 0.361. The van der Waals surface area contributed by atoms with E-state index in [0.717, 1.165) is 6.42 Å². The summed E-state index contributed by atoms with van der Waals surface area (Å²) >= 11 is 0. The fourth-order valence-electron chi connectivity index (χ4n) is 0.607. The Kier molecular flexibility index (Phi) is 19.2. The van der Waals surface area contributed by atoms with Crippen molar-refractivity contribution >= 4 is 0 Å². The molecule has 0 heterocycles. The molecule has 0 unspecified atom stereocenters. The van der Waals surface area contributed by atoms with Crippen LogP contribution in [0.1, 0.15) is 32.6 Å². The van der Waals surface area contributed by atoms with Crippen molar-refractivity contribution in [1.29, 1.82) is 0 Å². The predicted octanol–water partition coefficient (Wildman–Crippen LogP) is 2.85. The topological polar surface area (TPSA) is 29.5 Å². The monoisotopic (exact) mass is 172 g/mol. The van der Waals surface area contributed by atoms with Crippen LogP contribution in [-0.4, -0.2) is 11.7 Å². The van der Waals surface area contributed by atoms with Crippen LogP contribution in [-0.2, 0) is 4.74 Å². The maximum Gasteiger partial charge on any atom is 0.0829 e. The van der Waals surface area contributed by atoms with Gasteiger partial charge in [-0.25, -0.2) is 0 Å². The van der Waals surface area contributed by atoms with E-state index in [2.05, 4.69) is 24.8 Å². The van der Waals surface area contributed by atoms with E-state index in [1.54, 1.807) is 0 Å². The lowest BCUT2D eigenvalue weighted by atomic mass is 10.2. The van der Waals surface area contributed by atoms with E-state index in [1.807, 2.05) is 0 Å². The first-order valence-electron chi connectivity index (χ1n) is 4.31. The van der Waals surface area contributed by atoms with Crippen molar-refractivity contribution in [3.8, 4) is 0 Å². The van der Waals surface area contributed by atoms with Gasteiger partial charge in [-0.15, -0.1) is 0 Å². The first-order valence-corrected chi connectivity index (χ1v) is 4.31. The van der Waals surface area contributed by atoms with E-state index in [0.29, 0.717) is 6.61 Å². The third kappa shape index (κ3) is 22.8. The quantitative estimate of drug-likeness (QED) is 0.493. The summed E-state index contributed by atoms with van der Waals surface area (Å²) in [5, 5.41) is 8.29. The summed E-state index contributed by atoms with van der Waals surface area (Å²) in [6, 6.07) is 0. The highest BCUT2D eigenvalue weighted by Gasteiger charge is 1.80. The number of hydrogen-bond donors (Lipinski definition) is 1. The van der Waals surface area contributed by atoms with E-state index >= 15 is 0 Å². The second-order valence-electron chi connectivity index (χ2n) is 2.25. The second-order valence-corrected chi connectivity index (χ2v) is 2.25. The van der Waals surface area contributed by atoms with Crippen LogP contribution in [0.25, 0.3) is 0 Å². The molecule has 0 aromatic carbocycles. The van der Waals surface area contributed by atoms with E-state index in [9.17, 15) is 0 Å². The Labute approximate surface area is 75.6 Å². The smallest absolute Gasteiger partial charge is 0.0829 e. The molecule has 2 nitrogen and oxygen atoms in total. The fourth-order valence-corrected chi connectivity index (χ4v) is 0.607. The van der Waals surface area contributed by atoms with Crippen molar-refractivity contribution < 1.29 is 9.84 Å². The Morgan fingerprint density at radius 1 is 1.17 bits per heavy atom. The van der Waals surface area contributed by atoms with Crippen molar-refractivity contribution in [3.63, 3.8) is 0 Å². The van der Waals surface area contributed by atoms with Crippen LogP contribution in [0.3, 0.4) is 0 Å². The molecule has 0 saturated heterocycles. The van der Waals surface area contributed by atoms with Gasteiger partial charge >= 0.3 is 0 Å². The third-order valence-electron chi connectivity index (χ3n) is 1.20. The zero-order valence-electron chi connectivity index (χ0n) is 7.96. The maximum absolute atomic E-state index is 8.29. The molecule has 0 aliphatic carbocycles. The Morgan fingerprint density at radius 3 is 2.00 bits per heavy atom. The predicted molar refractivity (Wildman–Crippen MR) is 52.7 cm³/mol. The average molecular weight is 172 g/mol. The highest BCUT2D eigenvalue weighted by atomic mass is 16.5. The van der Waals surface area contributed by atoms with Gasteiger partial charge in [0.2, 0.25) is 0 Å². The van der Waals surface area contributed by atoms with Gasteiger partial charge in [-0.1, -0.05) is 39.3 Å². The Bertz CT molecular complexity index is 79.8. The average Bonchev–Trinajstić information content (AvgIpc) is 2.08. The molecule has 72 valence electrons. The summed E-state index contributed by atoms with van der Waals surface area (Å²) in [5.41, 5.74) is 0. The van der Waals surface area contributed by atoms with E-state index in [4.69, 9.17) is 5.11 Å².